The highest BCUT2D eigenvalue weighted by atomic mass is 35.5. The molecule has 0 radical (unpaired) electrons. The van der Waals surface area contributed by atoms with Crippen LogP contribution in [0.25, 0.3) is 11.5 Å². The van der Waals surface area contributed by atoms with Gasteiger partial charge in [0.15, 0.2) is 5.82 Å². The lowest BCUT2D eigenvalue weighted by Gasteiger charge is -1.99. The van der Waals surface area contributed by atoms with Crippen LogP contribution in [-0.2, 0) is 6.42 Å². The van der Waals surface area contributed by atoms with Gasteiger partial charge < -0.3 is 8.94 Å². The van der Waals surface area contributed by atoms with Gasteiger partial charge in [0.1, 0.15) is 5.76 Å². The van der Waals surface area contributed by atoms with Crippen LogP contribution in [0.5, 0.6) is 0 Å². The van der Waals surface area contributed by atoms with E-state index in [0.29, 0.717) is 11.7 Å². The van der Waals surface area contributed by atoms with Gasteiger partial charge in [-0.05, 0) is 12.5 Å². The summed E-state index contributed by atoms with van der Waals surface area (Å²) >= 11 is 6.15. The molecule has 0 aromatic carbocycles. The Hall–Kier alpha value is -1.29. The maximum absolute atomic E-state index is 6.15. The van der Waals surface area contributed by atoms with Gasteiger partial charge in [0, 0.05) is 6.42 Å². The van der Waals surface area contributed by atoms with E-state index in [1.54, 1.807) is 6.26 Å². The monoisotopic (exact) mass is 254 g/mol. The van der Waals surface area contributed by atoms with Crippen LogP contribution >= 0.6 is 11.6 Å². The lowest BCUT2D eigenvalue weighted by molar-refractivity contribution is 0.418. The zero-order chi connectivity index (χ0) is 12.3. The Morgan fingerprint density at radius 3 is 2.94 bits per heavy atom. The van der Waals surface area contributed by atoms with Crippen LogP contribution in [0.4, 0.5) is 0 Å². The van der Waals surface area contributed by atoms with Crippen molar-refractivity contribution in [3.05, 3.63) is 23.9 Å². The maximum Gasteiger partial charge on any atom is 0.261 e. The molecule has 0 N–H and O–H groups in total. The Kier molecular flexibility index (Phi) is 3.84. The molecule has 1 unspecified atom stereocenters. The Bertz CT molecular complexity index is 478. The molecular weight excluding hydrogens is 240 g/mol. The fourth-order valence-corrected chi connectivity index (χ4v) is 1.97. The highest BCUT2D eigenvalue weighted by Gasteiger charge is 2.18. The fraction of sp³-hybridized carbons (Fsp3) is 0.500. The number of alkyl halides is 1. The second kappa shape index (κ2) is 5.36. The van der Waals surface area contributed by atoms with Crippen LogP contribution in [0.1, 0.15) is 43.7 Å². The number of hydrogen-bond donors (Lipinski definition) is 0. The molecule has 92 valence electrons. The molecule has 0 amide bonds. The van der Waals surface area contributed by atoms with E-state index >= 15 is 0 Å². The Labute approximate surface area is 105 Å². The van der Waals surface area contributed by atoms with Crippen molar-refractivity contribution >= 4 is 11.6 Å². The van der Waals surface area contributed by atoms with Gasteiger partial charge in [-0.25, -0.2) is 0 Å². The SMILES string of the molecule is CCCC(Cl)c1noc(-c2ccoc2CC)n1. The average Bonchev–Trinajstić information content (AvgIpc) is 2.97. The van der Waals surface area contributed by atoms with E-state index in [9.17, 15) is 0 Å². The third kappa shape index (κ3) is 2.52. The predicted molar refractivity (Wildman–Crippen MR) is 64.9 cm³/mol. The lowest BCUT2D eigenvalue weighted by atomic mass is 10.2. The van der Waals surface area contributed by atoms with Gasteiger partial charge in [0.2, 0.25) is 0 Å². The first-order valence-electron chi connectivity index (χ1n) is 5.80. The maximum atomic E-state index is 6.15. The molecule has 2 aromatic heterocycles. The van der Waals surface area contributed by atoms with Crippen molar-refractivity contribution in [1.82, 2.24) is 10.1 Å². The summed E-state index contributed by atoms with van der Waals surface area (Å²) in [4.78, 5) is 4.31. The van der Waals surface area contributed by atoms with Crippen molar-refractivity contribution in [2.75, 3.05) is 0 Å². The minimum absolute atomic E-state index is 0.186. The molecule has 0 aliphatic carbocycles. The Morgan fingerprint density at radius 1 is 1.41 bits per heavy atom. The number of aryl methyl sites for hydroxylation is 1. The van der Waals surface area contributed by atoms with E-state index in [1.807, 2.05) is 13.0 Å². The first-order valence-corrected chi connectivity index (χ1v) is 6.24. The van der Waals surface area contributed by atoms with E-state index in [0.717, 1.165) is 30.6 Å². The second-order valence-electron chi connectivity index (χ2n) is 3.82. The molecule has 0 aliphatic rings. The second-order valence-corrected chi connectivity index (χ2v) is 4.35. The summed E-state index contributed by atoms with van der Waals surface area (Å²) in [7, 11) is 0. The Morgan fingerprint density at radius 2 is 2.24 bits per heavy atom. The van der Waals surface area contributed by atoms with Crippen LogP contribution in [0.3, 0.4) is 0 Å². The summed E-state index contributed by atoms with van der Waals surface area (Å²) in [5.41, 5.74) is 0.853. The number of hydrogen-bond acceptors (Lipinski definition) is 4. The van der Waals surface area contributed by atoms with Gasteiger partial charge in [-0.2, -0.15) is 4.98 Å². The summed E-state index contributed by atoms with van der Waals surface area (Å²) in [6, 6.07) is 1.83. The number of nitrogens with zero attached hydrogens (tertiary/aromatic N) is 2. The van der Waals surface area contributed by atoms with Crippen molar-refractivity contribution in [2.45, 2.75) is 38.5 Å². The molecule has 2 heterocycles. The van der Waals surface area contributed by atoms with E-state index in [1.165, 1.54) is 0 Å². The Balaban J connectivity index is 2.23. The predicted octanol–water partition coefficient (Wildman–Crippen LogP) is 3.97. The number of furan rings is 1. The first kappa shape index (κ1) is 12.2. The van der Waals surface area contributed by atoms with Crippen LogP contribution in [0.15, 0.2) is 21.3 Å². The third-order valence-corrected chi connectivity index (χ3v) is 2.97. The van der Waals surface area contributed by atoms with Gasteiger partial charge in [0.05, 0.1) is 17.2 Å². The van der Waals surface area contributed by atoms with Crippen LogP contribution in [-0.4, -0.2) is 10.1 Å². The molecule has 1 atom stereocenters. The fourth-order valence-electron chi connectivity index (χ4n) is 1.66. The number of aromatic nitrogens is 2. The van der Waals surface area contributed by atoms with E-state index in [-0.39, 0.29) is 5.38 Å². The summed E-state index contributed by atoms with van der Waals surface area (Å²) < 4.78 is 10.5. The molecule has 5 heteroatoms. The van der Waals surface area contributed by atoms with Crippen molar-refractivity contribution in [1.29, 1.82) is 0 Å². The molecule has 0 aliphatic heterocycles. The third-order valence-electron chi connectivity index (χ3n) is 2.56. The minimum atomic E-state index is -0.186. The standard InChI is InChI=1S/C12H15ClN2O2/c1-3-5-9(13)11-14-12(17-15-11)8-6-7-16-10(8)4-2/h6-7,9H,3-5H2,1-2H3. The van der Waals surface area contributed by atoms with Crippen molar-refractivity contribution in [3.63, 3.8) is 0 Å². The molecule has 0 bridgehead atoms. The molecule has 0 spiro atoms. The smallest absolute Gasteiger partial charge is 0.261 e. The zero-order valence-corrected chi connectivity index (χ0v) is 10.7. The minimum Gasteiger partial charge on any atom is -0.469 e. The van der Waals surface area contributed by atoms with Crippen molar-refractivity contribution in [2.24, 2.45) is 0 Å². The summed E-state index contributed by atoms with van der Waals surface area (Å²) in [5.74, 6) is 1.88. The largest absolute Gasteiger partial charge is 0.469 e. The zero-order valence-electron chi connectivity index (χ0n) is 9.94. The highest BCUT2D eigenvalue weighted by Crippen LogP contribution is 2.28. The van der Waals surface area contributed by atoms with E-state index in [2.05, 4.69) is 17.1 Å². The van der Waals surface area contributed by atoms with E-state index in [4.69, 9.17) is 20.5 Å². The molecule has 4 nitrogen and oxygen atoms in total. The average molecular weight is 255 g/mol. The molecule has 0 saturated carbocycles. The van der Waals surface area contributed by atoms with Gasteiger partial charge in [-0.15, -0.1) is 11.6 Å². The molecule has 2 aromatic rings. The normalized spacial score (nSPS) is 12.9. The van der Waals surface area contributed by atoms with Crippen LogP contribution in [0.2, 0.25) is 0 Å². The summed E-state index contributed by atoms with van der Waals surface area (Å²) in [6.07, 6.45) is 4.25. The van der Waals surface area contributed by atoms with Crippen LogP contribution in [0, 0.1) is 0 Å². The van der Waals surface area contributed by atoms with Crippen LogP contribution < -0.4 is 0 Å². The molecule has 0 fully saturated rings. The van der Waals surface area contributed by atoms with Gasteiger partial charge >= 0.3 is 0 Å². The first-order chi connectivity index (χ1) is 8.26. The van der Waals surface area contributed by atoms with Crippen molar-refractivity contribution < 1.29 is 8.94 Å². The molecule has 2 rings (SSSR count). The molecular formula is C12H15ClN2O2. The van der Waals surface area contributed by atoms with Gasteiger partial charge in [-0.1, -0.05) is 25.4 Å². The highest BCUT2D eigenvalue weighted by molar-refractivity contribution is 6.20. The topological polar surface area (TPSA) is 52.1 Å². The van der Waals surface area contributed by atoms with Gasteiger partial charge in [-0.3, -0.25) is 0 Å². The van der Waals surface area contributed by atoms with E-state index < -0.39 is 0 Å². The number of rotatable bonds is 5. The summed E-state index contributed by atoms with van der Waals surface area (Å²) in [5, 5.41) is 3.72. The van der Waals surface area contributed by atoms with Gasteiger partial charge in [0.25, 0.3) is 5.89 Å². The number of halogens is 1. The summed E-state index contributed by atoms with van der Waals surface area (Å²) in [6.45, 7) is 4.09. The quantitative estimate of drug-likeness (QED) is 0.758. The van der Waals surface area contributed by atoms with Crippen molar-refractivity contribution in [3.8, 4) is 11.5 Å². The molecule has 17 heavy (non-hydrogen) atoms. The molecule has 0 saturated heterocycles. The lowest BCUT2D eigenvalue weighted by Crippen LogP contribution is -1.92.